The highest BCUT2D eigenvalue weighted by atomic mass is 16.2. The van der Waals surface area contributed by atoms with Crippen LogP contribution < -0.4 is 10.6 Å². The lowest BCUT2D eigenvalue weighted by Gasteiger charge is -2.36. The van der Waals surface area contributed by atoms with Crippen LogP contribution in [0.15, 0.2) is 0 Å². The van der Waals surface area contributed by atoms with Gasteiger partial charge in [0, 0.05) is 18.5 Å². The molecule has 2 unspecified atom stereocenters. The number of hydrogen-bond acceptors (Lipinski definition) is 2. The number of rotatable bonds is 4. The highest BCUT2D eigenvalue weighted by Gasteiger charge is 2.31. The molecule has 2 N–H and O–H groups in total. The van der Waals surface area contributed by atoms with Crippen molar-refractivity contribution < 1.29 is 4.79 Å². The highest BCUT2D eigenvalue weighted by Crippen LogP contribution is 2.27. The van der Waals surface area contributed by atoms with Gasteiger partial charge in [-0.05, 0) is 44.1 Å². The van der Waals surface area contributed by atoms with Crippen LogP contribution in [0.25, 0.3) is 0 Å². The molecule has 0 bridgehead atoms. The molecule has 0 aromatic heterocycles. The Kier molecular flexibility index (Phi) is 4.43. The lowest BCUT2D eigenvalue weighted by molar-refractivity contribution is -0.128. The number of carbonyl (C=O) groups is 1. The number of carbonyl (C=O) groups excluding carboxylic acids is 1. The molecule has 98 valence electrons. The Balaban J connectivity index is 1.84. The molecule has 2 aliphatic rings. The zero-order chi connectivity index (χ0) is 12.3. The first-order valence-electron chi connectivity index (χ1n) is 7.18. The quantitative estimate of drug-likeness (QED) is 0.786. The van der Waals surface area contributed by atoms with Crippen molar-refractivity contribution in [1.82, 2.24) is 10.6 Å². The van der Waals surface area contributed by atoms with Crippen LogP contribution in [-0.4, -0.2) is 25.0 Å². The summed E-state index contributed by atoms with van der Waals surface area (Å²) in [5.74, 6) is 2.01. The molecule has 1 aliphatic carbocycles. The normalized spacial score (nSPS) is 30.1. The Bertz CT molecular complexity index is 261. The second kappa shape index (κ2) is 5.85. The molecular weight excluding hydrogens is 212 g/mol. The molecule has 1 aliphatic heterocycles. The summed E-state index contributed by atoms with van der Waals surface area (Å²) < 4.78 is 0. The Labute approximate surface area is 105 Å². The van der Waals surface area contributed by atoms with E-state index in [1.807, 2.05) is 0 Å². The van der Waals surface area contributed by atoms with E-state index >= 15 is 0 Å². The van der Waals surface area contributed by atoms with E-state index in [-0.39, 0.29) is 0 Å². The highest BCUT2D eigenvalue weighted by molar-refractivity contribution is 5.79. The van der Waals surface area contributed by atoms with Crippen LogP contribution in [0, 0.1) is 17.8 Å². The van der Waals surface area contributed by atoms with E-state index in [0.717, 1.165) is 31.8 Å². The Morgan fingerprint density at radius 3 is 2.71 bits per heavy atom. The first kappa shape index (κ1) is 12.9. The van der Waals surface area contributed by atoms with Crippen molar-refractivity contribution in [3.05, 3.63) is 0 Å². The van der Waals surface area contributed by atoms with E-state index in [1.165, 1.54) is 19.3 Å². The SMILES string of the molecule is CC(C)CC1CCNCC1NC(=O)C1CCC1. The van der Waals surface area contributed by atoms with E-state index in [9.17, 15) is 4.79 Å². The molecule has 1 saturated carbocycles. The van der Waals surface area contributed by atoms with Crippen LogP contribution >= 0.6 is 0 Å². The molecule has 2 fully saturated rings. The number of nitrogens with one attached hydrogen (secondary N) is 2. The molecule has 0 aromatic carbocycles. The maximum Gasteiger partial charge on any atom is 0.223 e. The molecule has 1 amide bonds. The minimum Gasteiger partial charge on any atom is -0.352 e. The topological polar surface area (TPSA) is 41.1 Å². The zero-order valence-electron chi connectivity index (χ0n) is 11.2. The number of hydrogen-bond donors (Lipinski definition) is 2. The van der Waals surface area contributed by atoms with Crippen molar-refractivity contribution in [3.8, 4) is 0 Å². The standard InChI is InChI=1S/C14H26N2O/c1-10(2)8-12-6-7-15-9-13(12)16-14(17)11-4-3-5-11/h10-13,15H,3-9H2,1-2H3,(H,16,17). The van der Waals surface area contributed by atoms with Crippen LogP contribution in [0.1, 0.15) is 46.0 Å². The molecule has 3 heteroatoms. The Hall–Kier alpha value is -0.570. The van der Waals surface area contributed by atoms with E-state index in [1.54, 1.807) is 0 Å². The lowest BCUT2D eigenvalue weighted by atomic mass is 9.82. The van der Waals surface area contributed by atoms with Crippen LogP contribution in [-0.2, 0) is 4.79 Å². The zero-order valence-corrected chi connectivity index (χ0v) is 11.2. The van der Waals surface area contributed by atoms with Gasteiger partial charge < -0.3 is 10.6 Å². The molecule has 0 spiro atoms. The smallest absolute Gasteiger partial charge is 0.223 e. The molecule has 17 heavy (non-hydrogen) atoms. The minimum absolute atomic E-state index is 0.304. The molecule has 2 atom stereocenters. The van der Waals surface area contributed by atoms with Crippen LogP contribution in [0.5, 0.6) is 0 Å². The van der Waals surface area contributed by atoms with Gasteiger partial charge in [-0.1, -0.05) is 20.3 Å². The first-order chi connectivity index (χ1) is 8.16. The minimum atomic E-state index is 0.304. The summed E-state index contributed by atoms with van der Waals surface area (Å²) in [6.45, 7) is 6.60. The molecule has 2 rings (SSSR count). The maximum absolute atomic E-state index is 12.0. The van der Waals surface area contributed by atoms with Crippen molar-refractivity contribution in [2.24, 2.45) is 17.8 Å². The van der Waals surface area contributed by atoms with Crippen LogP contribution in [0.4, 0.5) is 0 Å². The van der Waals surface area contributed by atoms with Gasteiger partial charge in [-0.2, -0.15) is 0 Å². The molecular formula is C14H26N2O. The summed E-state index contributed by atoms with van der Waals surface area (Å²) in [6, 6.07) is 0.360. The van der Waals surface area contributed by atoms with Crippen molar-refractivity contribution in [1.29, 1.82) is 0 Å². The van der Waals surface area contributed by atoms with E-state index < -0.39 is 0 Å². The number of amides is 1. The third-order valence-corrected chi connectivity index (χ3v) is 4.20. The molecule has 1 heterocycles. The predicted molar refractivity (Wildman–Crippen MR) is 69.7 cm³/mol. The fraction of sp³-hybridized carbons (Fsp3) is 0.929. The Morgan fingerprint density at radius 1 is 1.35 bits per heavy atom. The van der Waals surface area contributed by atoms with Crippen molar-refractivity contribution in [3.63, 3.8) is 0 Å². The van der Waals surface area contributed by atoms with Gasteiger partial charge in [-0.15, -0.1) is 0 Å². The van der Waals surface area contributed by atoms with Gasteiger partial charge in [0.05, 0.1) is 0 Å². The van der Waals surface area contributed by atoms with Crippen molar-refractivity contribution >= 4 is 5.91 Å². The fourth-order valence-electron chi connectivity index (χ4n) is 2.94. The summed E-state index contributed by atoms with van der Waals surface area (Å²) in [5.41, 5.74) is 0. The average molecular weight is 238 g/mol. The van der Waals surface area contributed by atoms with E-state index in [0.29, 0.717) is 23.8 Å². The van der Waals surface area contributed by atoms with E-state index in [4.69, 9.17) is 0 Å². The van der Waals surface area contributed by atoms with E-state index in [2.05, 4.69) is 24.5 Å². The monoisotopic (exact) mass is 238 g/mol. The summed E-state index contributed by atoms with van der Waals surface area (Å²) >= 11 is 0. The van der Waals surface area contributed by atoms with Crippen molar-refractivity contribution in [2.75, 3.05) is 13.1 Å². The lowest BCUT2D eigenvalue weighted by Crippen LogP contribution is -2.53. The fourth-order valence-corrected chi connectivity index (χ4v) is 2.94. The predicted octanol–water partition coefficient (Wildman–Crippen LogP) is 1.93. The maximum atomic E-state index is 12.0. The first-order valence-corrected chi connectivity index (χ1v) is 7.18. The summed E-state index contributed by atoms with van der Waals surface area (Å²) in [6.07, 6.45) is 5.86. The van der Waals surface area contributed by atoms with Gasteiger partial charge in [0.15, 0.2) is 0 Å². The largest absolute Gasteiger partial charge is 0.352 e. The van der Waals surface area contributed by atoms with Gasteiger partial charge in [0.1, 0.15) is 0 Å². The van der Waals surface area contributed by atoms with Gasteiger partial charge in [0.2, 0.25) is 5.91 Å². The van der Waals surface area contributed by atoms with Gasteiger partial charge in [0.25, 0.3) is 0 Å². The van der Waals surface area contributed by atoms with Gasteiger partial charge in [-0.25, -0.2) is 0 Å². The molecule has 0 aromatic rings. The second-order valence-electron chi connectivity index (χ2n) is 6.13. The molecule has 0 radical (unpaired) electrons. The molecule has 1 saturated heterocycles. The average Bonchev–Trinajstić information content (AvgIpc) is 2.17. The third-order valence-electron chi connectivity index (χ3n) is 4.20. The van der Waals surface area contributed by atoms with Crippen LogP contribution in [0.2, 0.25) is 0 Å². The summed E-state index contributed by atoms with van der Waals surface area (Å²) in [5, 5.41) is 6.68. The van der Waals surface area contributed by atoms with Gasteiger partial charge in [-0.3, -0.25) is 4.79 Å². The van der Waals surface area contributed by atoms with Crippen molar-refractivity contribution in [2.45, 2.75) is 52.0 Å². The summed E-state index contributed by atoms with van der Waals surface area (Å²) in [4.78, 5) is 12.0. The third kappa shape index (κ3) is 3.44. The second-order valence-corrected chi connectivity index (χ2v) is 6.13. The molecule has 3 nitrogen and oxygen atoms in total. The Morgan fingerprint density at radius 2 is 2.12 bits per heavy atom. The summed E-state index contributed by atoms with van der Waals surface area (Å²) in [7, 11) is 0. The number of piperidine rings is 1. The van der Waals surface area contributed by atoms with Crippen LogP contribution in [0.3, 0.4) is 0 Å². The van der Waals surface area contributed by atoms with Gasteiger partial charge >= 0.3 is 0 Å².